The number of hydrogen-bond acceptors (Lipinski definition) is 6. The van der Waals surface area contributed by atoms with Gasteiger partial charge in [-0.05, 0) is 44.6 Å². The van der Waals surface area contributed by atoms with Crippen molar-refractivity contribution in [1.82, 2.24) is 20.2 Å². The number of urea groups is 1. The third-order valence-electron chi connectivity index (χ3n) is 4.70. The van der Waals surface area contributed by atoms with E-state index in [1.807, 2.05) is 13.8 Å². The van der Waals surface area contributed by atoms with E-state index in [4.69, 9.17) is 4.98 Å². The Balaban J connectivity index is 1.86. The summed E-state index contributed by atoms with van der Waals surface area (Å²) in [6.45, 7) is 9.91. The molecular weight excluding hydrogens is 408 g/mol. The second-order valence-corrected chi connectivity index (χ2v) is 9.62. The maximum absolute atomic E-state index is 13.2. The third kappa shape index (κ3) is 4.90. The first-order valence-electron chi connectivity index (χ1n) is 9.69. The molecule has 1 aliphatic carbocycles. The number of carbonyl (C=O) groups is 2. The lowest BCUT2D eigenvalue weighted by molar-refractivity contribution is -0.117. The molecule has 7 nitrogen and oxygen atoms in total. The van der Waals surface area contributed by atoms with Crippen molar-refractivity contribution in [1.29, 1.82) is 0 Å². The summed E-state index contributed by atoms with van der Waals surface area (Å²) in [5, 5.41) is 6.07. The van der Waals surface area contributed by atoms with E-state index >= 15 is 0 Å². The van der Waals surface area contributed by atoms with Gasteiger partial charge in [-0.3, -0.25) is 19.5 Å². The highest BCUT2D eigenvalue weighted by Crippen LogP contribution is 2.36. The summed E-state index contributed by atoms with van der Waals surface area (Å²) in [6.07, 6.45) is 4.61. The molecule has 0 aliphatic heterocycles. The van der Waals surface area contributed by atoms with Gasteiger partial charge in [-0.2, -0.15) is 0 Å². The highest BCUT2D eigenvalue weighted by molar-refractivity contribution is 7.99. The van der Waals surface area contributed by atoms with Crippen molar-refractivity contribution in [2.75, 3.05) is 5.75 Å². The van der Waals surface area contributed by atoms with Crippen LogP contribution in [0, 0.1) is 5.92 Å². The Hall–Kier alpha value is -2.13. The molecule has 156 valence electrons. The van der Waals surface area contributed by atoms with Crippen molar-refractivity contribution in [3.8, 4) is 0 Å². The number of aromatic nitrogens is 2. The highest BCUT2D eigenvalue weighted by atomic mass is 32.2. The van der Waals surface area contributed by atoms with E-state index in [9.17, 15) is 14.4 Å². The number of allylic oxidation sites excluding steroid dienone is 1. The van der Waals surface area contributed by atoms with Crippen LogP contribution in [-0.2, 0) is 24.2 Å². The fourth-order valence-corrected chi connectivity index (χ4v) is 5.63. The maximum atomic E-state index is 13.2. The SMILES string of the molecule is C=CCn1c(SCC(=O)NC(=O)NC(C)C)nc2sc3c(c2c1=O)CCC(C)C3. The monoisotopic (exact) mass is 434 g/mol. The van der Waals surface area contributed by atoms with E-state index in [1.54, 1.807) is 22.0 Å². The number of imide groups is 1. The molecule has 3 rings (SSSR count). The van der Waals surface area contributed by atoms with Crippen molar-refractivity contribution in [3.05, 3.63) is 33.4 Å². The number of rotatable bonds is 6. The molecule has 2 N–H and O–H groups in total. The van der Waals surface area contributed by atoms with Gasteiger partial charge in [0.15, 0.2) is 5.16 Å². The quantitative estimate of drug-likeness (QED) is 0.414. The predicted octanol–water partition coefficient (Wildman–Crippen LogP) is 3.10. The van der Waals surface area contributed by atoms with Crippen LogP contribution in [0.2, 0.25) is 0 Å². The highest BCUT2D eigenvalue weighted by Gasteiger charge is 2.24. The molecule has 2 aromatic rings. The van der Waals surface area contributed by atoms with Gasteiger partial charge in [0, 0.05) is 17.5 Å². The summed E-state index contributed by atoms with van der Waals surface area (Å²) in [7, 11) is 0. The van der Waals surface area contributed by atoms with Crippen molar-refractivity contribution >= 4 is 45.3 Å². The van der Waals surface area contributed by atoms with Crippen LogP contribution < -0.4 is 16.2 Å². The number of amides is 3. The Morgan fingerprint density at radius 3 is 2.90 bits per heavy atom. The zero-order valence-corrected chi connectivity index (χ0v) is 18.5. The normalized spacial score (nSPS) is 15.9. The Labute approximate surface area is 178 Å². The van der Waals surface area contributed by atoms with Gasteiger partial charge in [-0.15, -0.1) is 17.9 Å². The third-order valence-corrected chi connectivity index (χ3v) is 6.82. The minimum absolute atomic E-state index is 0.0112. The Kier molecular flexibility index (Phi) is 6.79. The van der Waals surface area contributed by atoms with E-state index in [0.29, 0.717) is 23.0 Å². The molecule has 1 atom stereocenters. The zero-order chi connectivity index (χ0) is 21.1. The van der Waals surface area contributed by atoms with Crippen molar-refractivity contribution < 1.29 is 9.59 Å². The van der Waals surface area contributed by atoms with Crippen LogP contribution in [0.3, 0.4) is 0 Å². The smallest absolute Gasteiger partial charge is 0.321 e. The minimum Gasteiger partial charge on any atom is -0.336 e. The van der Waals surface area contributed by atoms with Gasteiger partial charge in [0.05, 0.1) is 11.1 Å². The summed E-state index contributed by atoms with van der Waals surface area (Å²) in [6, 6.07) is -0.595. The van der Waals surface area contributed by atoms with Gasteiger partial charge in [0.25, 0.3) is 5.56 Å². The number of thiophene rings is 1. The average molecular weight is 435 g/mol. The molecule has 2 heterocycles. The van der Waals surface area contributed by atoms with Gasteiger partial charge in [0.1, 0.15) is 4.83 Å². The number of nitrogens with one attached hydrogen (secondary N) is 2. The molecule has 0 bridgehead atoms. The predicted molar refractivity (Wildman–Crippen MR) is 118 cm³/mol. The molecule has 0 aromatic carbocycles. The van der Waals surface area contributed by atoms with E-state index < -0.39 is 11.9 Å². The summed E-state index contributed by atoms with van der Waals surface area (Å²) in [4.78, 5) is 43.7. The topological polar surface area (TPSA) is 93.1 Å². The molecule has 9 heteroatoms. The van der Waals surface area contributed by atoms with Crippen LogP contribution in [0.5, 0.6) is 0 Å². The minimum atomic E-state index is -0.530. The average Bonchev–Trinajstić information content (AvgIpc) is 2.99. The second kappa shape index (κ2) is 9.13. The van der Waals surface area contributed by atoms with Crippen LogP contribution in [0.25, 0.3) is 10.2 Å². The molecular formula is C20H26N4O3S2. The van der Waals surface area contributed by atoms with Gasteiger partial charge in [0.2, 0.25) is 5.91 Å². The number of thioether (sulfide) groups is 1. The molecule has 1 unspecified atom stereocenters. The first kappa shape index (κ1) is 21.6. The summed E-state index contributed by atoms with van der Waals surface area (Å²) < 4.78 is 1.56. The number of hydrogen-bond donors (Lipinski definition) is 2. The number of fused-ring (bicyclic) bond motifs is 3. The molecule has 0 radical (unpaired) electrons. The number of nitrogens with zero attached hydrogens (tertiary/aromatic N) is 2. The van der Waals surface area contributed by atoms with E-state index in [2.05, 4.69) is 24.1 Å². The van der Waals surface area contributed by atoms with Crippen LogP contribution in [0.4, 0.5) is 4.79 Å². The summed E-state index contributed by atoms with van der Waals surface area (Å²) in [5.74, 6) is 0.162. The largest absolute Gasteiger partial charge is 0.336 e. The molecule has 0 saturated heterocycles. The first-order valence-corrected chi connectivity index (χ1v) is 11.5. The van der Waals surface area contributed by atoms with Gasteiger partial charge in [-0.25, -0.2) is 9.78 Å². The second-order valence-electron chi connectivity index (χ2n) is 7.60. The maximum Gasteiger partial charge on any atom is 0.321 e. The fraction of sp³-hybridized carbons (Fsp3) is 0.500. The van der Waals surface area contributed by atoms with Crippen LogP contribution in [0.15, 0.2) is 22.6 Å². The van der Waals surface area contributed by atoms with E-state index in [0.717, 1.165) is 41.4 Å². The van der Waals surface area contributed by atoms with E-state index in [1.165, 1.54) is 4.88 Å². The molecule has 0 fully saturated rings. The summed E-state index contributed by atoms with van der Waals surface area (Å²) in [5.41, 5.74) is 1.06. The van der Waals surface area contributed by atoms with Crippen LogP contribution in [0.1, 0.15) is 37.6 Å². The van der Waals surface area contributed by atoms with Crippen LogP contribution >= 0.6 is 23.1 Å². The molecule has 3 amide bonds. The molecule has 0 saturated carbocycles. The Morgan fingerprint density at radius 1 is 1.45 bits per heavy atom. The van der Waals surface area contributed by atoms with Gasteiger partial charge >= 0.3 is 6.03 Å². The lowest BCUT2D eigenvalue weighted by Gasteiger charge is -2.17. The van der Waals surface area contributed by atoms with Crippen molar-refractivity contribution in [3.63, 3.8) is 0 Å². The van der Waals surface area contributed by atoms with Crippen LogP contribution in [-0.4, -0.2) is 33.3 Å². The van der Waals surface area contributed by atoms with Crippen molar-refractivity contribution in [2.24, 2.45) is 5.92 Å². The standard InChI is InChI=1S/C20H26N4O3S2/c1-5-8-24-18(26)16-13-7-6-12(4)9-14(13)29-17(16)23-20(24)28-10-15(25)22-19(27)21-11(2)3/h5,11-12H,1,6-10H2,2-4H3,(H2,21,22,25,27). The Morgan fingerprint density at radius 2 is 2.21 bits per heavy atom. The molecule has 0 spiro atoms. The number of carbonyl (C=O) groups excluding carboxylic acids is 2. The molecule has 29 heavy (non-hydrogen) atoms. The zero-order valence-electron chi connectivity index (χ0n) is 16.9. The van der Waals surface area contributed by atoms with Gasteiger partial charge in [-0.1, -0.05) is 24.8 Å². The summed E-state index contributed by atoms with van der Waals surface area (Å²) >= 11 is 2.73. The Bertz CT molecular complexity index is 1010. The lowest BCUT2D eigenvalue weighted by Crippen LogP contribution is -2.43. The first-order chi connectivity index (χ1) is 13.8. The number of aryl methyl sites for hydroxylation is 1. The molecule has 2 aromatic heterocycles. The van der Waals surface area contributed by atoms with E-state index in [-0.39, 0.29) is 17.4 Å². The van der Waals surface area contributed by atoms with Crippen molar-refractivity contribution in [2.45, 2.75) is 57.8 Å². The lowest BCUT2D eigenvalue weighted by atomic mass is 9.89. The van der Waals surface area contributed by atoms with Gasteiger partial charge < -0.3 is 5.32 Å². The fourth-order valence-electron chi connectivity index (χ4n) is 3.40. The molecule has 1 aliphatic rings.